The Morgan fingerprint density at radius 3 is 2.61 bits per heavy atom. The molecule has 2 fully saturated rings. The van der Waals surface area contributed by atoms with Crippen molar-refractivity contribution in [2.75, 3.05) is 0 Å². The summed E-state index contributed by atoms with van der Waals surface area (Å²) in [4.78, 5) is 12.4. The number of carbonyl (C=O) groups excluding carboxylic acids is 1. The second kappa shape index (κ2) is 5.96. The smallest absolute Gasteiger partial charge is 0.194 e. The van der Waals surface area contributed by atoms with Crippen LogP contribution in [0.25, 0.3) is 0 Å². The van der Waals surface area contributed by atoms with Gasteiger partial charge in [0.05, 0.1) is 6.10 Å². The van der Waals surface area contributed by atoms with Gasteiger partial charge in [-0.2, -0.15) is 0 Å². The minimum atomic E-state index is -1.55. The van der Waals surface area contributed by atoms with Crippen LogP contribution in [0.5, 0.6) is 0 Å². The number of fused-ring (bicyclic) bond motifs is 1. The van der Waals surface area contributed by atoms with Crippen LogP contribution in [0.2, 0.25) is 0 Å². The van der Waals surface area contributed by atoms with Gasteiger partial charge in [0, 0.05) is 12.0 Å². The highest BCUT2D eigenvalue weighted by atomic mass is 16.8. The Balaban J connectivity index is 1.66. The molecule has 3 rings (SSSR count). The van der Waals surface area contributed by atoms with Crippen LogP contribution in [-0.4, -0.2) is 52.5 Å². The van der Waals surface area contributed by atoms with Gasteiger partial charge < -0.3 is 24.4 Å². The van der Waals surface area contributed by atoms with Crippen LogP contribution < -0.4 is 0 Å². The minimum absolute atomic E-state index is 0.301. The number of Topliss-reactive ketones (excluding diaryl/α,β-unsaturated/α-hetero) is 1. The summed E-state index contributed by atoms with van der Waals surface area (Å²) in [5, 5.41) is 20.5. The van der Waals surface area contributed by atoms with Crippen molar-refractivity contribution in [1.82, 2.24) is 0 Å². The fraction of sp³-hybridized carbons (Fsp3) is 0.588. The first-order valence-corrected chi connectivity index (χ1v) is 7.75. The second-order valence-electron chi connectivity index (χ2n) is 6.57. The van der Waals surface area contributed by atoms with E-state index in [9.17, 15) is 15.0 Å². The molecule has 0 saturated carbocycles. The molecule has 5 atom stereocenters. The van der Waals surface area contributed by atoms with Crippen molar-refractivity contribution in [2.45, 2.75) is 63.7 Å². The molecule has 2 saturated heterocycles. The summed E-state index contributed by atoms with van der Waals surface area (Å²) in [6.45, 7) is 5.36. The highest BCUT2D eigenvalue weighted by Crippen LogP contribution is 2.38. The van der Waals surface area contributed by atoms with Gasteiger partial charge >= 0.3 is 0 Å². The largest absolute Gasteiger partial charge is 0.387 e. The molecule has 2 N–H and O–H groups in total. The lowest BCUT2D eigenvalue weighted by atomic mass is 9.95. The molecular weight excluding hydrogens is 300 g/mol. The molecule has 6 nitrogen and oxygen atoms in total. The van der Waals surface area contributed by atoms with Gasteiger partial charge in [-0.15, -0.1) is 0 Å². The Labute approximate surface area is 135 Å². The summed E-state index contributed by atoms with van der Waals surface area (Å²) in [6.07, 6.45) is -4.09. The first-order valence-electron chi connectivity index (χ1n) is 7.75. The molecule has 2 heterocycles. The third-order valence-corrected chi connectivity index (χ3v) is 4.30. The summed E-state index contributed by atoms with van der Waals surface area (Å²) in [5.41, 5.74) is 1.15. The molecule has 23 heavy (non-hydrogen) atoms. The topological polar surface area (TPSA) is 85.2 Å². The van der Waals surface area contributed by atoms with E-state index in [4.69, 9.17) is 14.2 Å². The van der Waals surface area contributed by atoms with E-state index in [1.165, 1.54) is 0 Å². The number of ether oxygens (including phenoxy) is 3. The number of benzene rings is 1. The maximum atomic E-state index is 12.4. The van der Waals surface area contributed by atoms with E-state index in [0.29, 0.717) is 12.0 Å². The van der Waals surface area contributed by atoms with Crippen LogP contribution >= 0.6 is 0 Å². The SMILES string of the molecule is Cc1ccccc1C(=O)C(O)[C@H](O)[C@@H]1C[C@H]2OC(C)(C)O[C@H]2O1. The Morgan fingerprint density at radius 1 is 1.26 bits per heavy atom. The standard InChI is InChI=1S/C17H22O6/c1-9-6-4-5-7-10(9)13(18)15(20)14(19)11-8-12-16(21-11)23-17(2,3)22-12/h4-7,11-12,14-16,19-20H,8H2,1-3H3/t11-,12+,14+,15?,16+/m0/s1. The molecule has 0 amide bonds. The summed E-state index contributed by atoms with van der Waals surface area (Å²) in [7, 11) is 0. The third kappa shape index (κ3) is 3.18. The van der Waals surface area contributed by atoms with Crippen molar-refractivity contribution in [3.8, 4) is 0 Å². The quantitative estimate of drug-likeness (QED) is 0.809. The number of aryl methyl sites for hydroxylation is 1. The molecule has 126 valence electrons. The van der Waals surface area contributed by atoms with E-state index in [-0.39, 0.29) is 6.10 Å². The number of hydrogen-bond acceptors (Lipinski definition) is 6. The van der Waals surface area contributed by atoms with Gasteiger partial charge in [-0.3, -0.25) is 4.79 Å². The Morgan fingerprint density at radius 2 is 1.96 bits per heavy atom. The molecule has 1 aromatic carbocycles. The Bertz CT molecular complexity index is 583. The zero-order valence-corrected chi connectivity index (χ0v) is 13.4. The van der Waals surface area contributed by atoms with Crippen molar-refractivity contribution in [2.24, 2.45) is 0 Å². The van der Waals surface area contributed by atoms with Gasteiger partial charge in [-0.05, 0) is 26.3 Å². The number of carbonyl (C=O) groups is 1. The van der Waals surface area contributed by atoms with Crippen molar-refractivity contribution >= 4 is 5.78 Å². The maximum absolute atomic E-state index is 12.4. The van der Waals surface area contributed by atoms with E-state index in [1.54, 1.807) is 39.0 Å². The van der Waals surface area contributed by atoms with Crippen LogP contribution in [-0.2, 0) is 14.2 Å². The molecule has 0 aliphatic carbocycles. The highest BCUT2D eigenvalue weighted by Gasteiger charge is 2.51. The van der Waals surface area contributed by atoms with E-state index < -0.39 is 36.2 Å². The lowest BCUT2D eigenvalue weighted by molar-refractivity contribution is -0.217. The van der Waals surface area contributed by atoms with Gasteiger partial charge in [0.2, 0.25) is 0 Å². The zero-order chi connectivity index (χ0) is 16.8. The number of aliphatic hydroxyl groups excluding tert-OH is 2. The van der Waals surface area contributed by atoms with Crippen LogP contribution in [0.1, 0.15) is 36.2 Å². The van der Waals surface area contributed by atoms with E-state index in [0.717, 1.165) is 5.56 Å². The maximum Gasteiger partial charge on any atom is 0.194 e. The third-order valence-electron chi connectivity index (χ3n) is 4.30. The van der Waals surface area contributed by atoms with Crippen LogP contribution in [0.15, 0.2) is 24.3 Å². The molecule has 0 bridgehead atoms. The number of hydrogen-bond donors (Lipinski definition) is 2. The molecule has 0 aromatic heterocycles. The molecule has 6 heteroatoms. The normalized spacial score (nSPS) is 31.6. The minimum Gasteiger partial charge on any atom is -0.387 e. The first kappa shape index (κ1) is 16.5. The van der Waals surface area contributed by atoms with Gasteiger partial charge in [0.15, 0.2) is 17.9 Å². The van der Waals surface area contributed by atoms with Crippen LogP contribution in [0.3, 0.4) is 0 Å². The lowest BCUT2D eigenvalue weighted by Gasteiger charge is -2.25. The molecule has 0 radical (unpaired) electrons. The van der Waals surface area contributed by atoms with E-state index in [1.807, 2.05) is 6.07 Å². The summed E-state index contributed by atoms with van der Waals surface area (Å²) in [5.74, 6) is -1.24. The van der Waals surface area contributed by atoms with Crippen molar-refractivity contribution in [3.05, 3.63) is 35.4 Å². The summed E-state index contributed by atoms with van der Waals surface area (Å²) >= 11 is 0. The van der Waals surface area contributed by atoms with Crippen molar-refractivity contribution < 1.29 is 29.2 Å². The van der Waals surface area contributed by atoms with Crippen molar-refractivity contribution in [3.63, 3.8) is 0 Å². The second-order valence-corrected chi connectivity index (χ2v) is 6.57. The summed E-state index contributed by atoms with van der Waals surface area (Å²) in [6, 6.07) is 6.95. The average Bonchev–Trinajstić information content (AvgIpc) is 2.99. The Kier molecular flexibility index (Phi) is 4.29. The van der Waals surface area contributed by atoms with E-state index in [2.05, 4.69) is 0 Å². The van der Waals surface area contributed by atoms with Crippen LogP contribution in [0, 0.1) is 6.92 Å². The Hall–Kier alpha value is -1.31. The number of rotatable bonds is 4. The molecule has 1 aromatic rings. The van der Waals surface area contributed by atoms with Crippen molar-refractivity contribution in [1.29, 1.82) is 0 Å². The first-order chi connectivity index (χ1) is 10.8. The predicted molar refractivity (Wildman–Crippen MR) is 80.8 cm³/mol. The number of aliphatic hydroxyl groups is 2. The summed E-state index contributed by atoms with van der Waals surface area (Å²) < 4.78 is 16.9. The molecule has 1 unspecified atom stereocenters. The molecule has 2 aliphatic rings. The van der Waals surface area contributed by atoms with E-state index >= 15 is 0 Å². The monoisotopic (exact) mass is 322 g/mol. The molecular formula is C17H22O6. The van der Waals surface area contributed by atoms with Crippen LogP contribution in [0.4, 0.5) is 0 Å². The molecule has 0 spiro atoms. The fourth-order valence-electron chi connectivity index (χ4n) is 3.12. The fourth-order valence-corrected chi connectivity index (χ4v) is 3.12. The van der Waals surface area contributed by atoms with Gasteiger partial charge in [-0.25, -0.2) is 0 Å². The van der Waals surface area contributed by atoms with Gasteiger partial charge in [0.25, 0.3) is 0 Å². The average molecular weight is 322 g/mol. The zero-order valence-electron chi connectivity index (χ0n) is 13.4. The molecule has 2 aliphatic heterocycles. The van der Waals surface area contributed by atoms with Gasteiger partial charge in [0.1, 0.15) is 18.3 Å². The number of ketones is 1. The predicted octanol–water partition coefficient (Wildman–Crippen LogP) is 1.17. The highest BCUT2D eigenvalue weighted by molar-refractivity contribution is 6.00. The lowest BCUT2D eigenvalue weighted by Crippen LogP contribution is -2.43. The van der Waals surface area contributed by atoms with Gasteiger partial charge in [-0.1, -0.05) is 24.3 Å².